The second-order valence-corrected chi connectivity index (χ2v) is 11.0. The van der Waals surface area contributed by atoms with Crippen molar-refractivity contribution in [3.63, 3.8) is 0 Å². The molecule has 1 aliphatic heterocycles. The van der Waals surface area contributed by atoms with E-state index in [1.807, 2.05) is 13.8 Å². The Morgan fingerprint density at radius 1 is 1.16 bits per heavy atom. The number of hydrogen-bond acceptors (Lipinski definition) is 8. The predicted molar refractivity (Wildman–Crippen MR) is 139 cm³/mol. The van der Waals surface area contributed by atoms with Crippen molar-refractivity contribution < 1.29 is 22.6 Å². The minimum atomic E-state index is -3.76. The van der Waals surface area contributed by atoms with Crippen molar-refractivity contribution in [3.05, 3.63) is 34.2 Å². The number of benzene rings is 1. The van der Waals surface area contributed by atoms with Gasteiger partial charge in [0.15, 0.2) is 5.52 Å². The summed E-state index contributed by atoms with van der Waals surface area (Å²) in [6.45, 7) is 6.09. The number of nitrogens with zero attached hydrogens (tertiary/aromatic N) is 4. The third-order valence-corrected chi connectivity index (χ3v) is 8.13. The normalized spacial score (nSPS) is 14.8. The molecule has 1 N–H and O–H groups in total. The number of sulfonamides is 1. The van der Waals surface area contributed by atoms with Crippen molar-refractivity contribution >= 4 is 21.1 Å². The summed E-state index contributed by atoms with van der Waals surface area (Å²) in [7, 11) is -0.388. The number of unbranched alkanes of at least 4 members (excludes halogenated alkanes) is 1. The van der Waals surface area contributed by atoms with Crippen molar-refractivity contribution in [1.29, 1.82) is 0 Å². The molecule has 1 aromatic carbocycles. The Bertz CT molecular complexity index is 1390. The number of rotatable bonds is 13. The van der Waals surface area contributed by atoms with E-state index in [0.29, 0.717) is 61.7 Å². The molecule has 202 valence electrons. The standard InChI is InChI=1S/C25H35N5O6S/c1-5-9-20-22-23(29(3)28-20)25(31)27-24(26-22)19-14-18(10-11-21(19)35-6-2)37(32,33)30-15-17(16-30)36-13-8-7-12-34-4/h10-11,14,17H,5-9,12-13,15-16H2,1-4H3,(H,26,27,31). The molecule has 0 aliphatic carbocycles. The number of ether oxygens (including phenoxy) is 3. The molecule has 12 heteroatoms. The fourth-order valence-corrected chi connectivity index (χ4v) is 5.90. The number of hydrogen-bond donors (Lipinski definition) is 1. The molecule has 0 amide bonds. The van der Waals surface area contributed by atoms with Gasteiger partial charge in [0.1, 0.15) is 17.1 Å². The third-order valence-electron chi connectivity index (χ3n) is 6.30. The van der Waals surface area contributed by atoms with Gasteiger partial charge in [0.2, 0.25) is 10.0 Å². The highest BCUT2D eigenvalue weighted by Crippen LogP contribution is 2.33. The second-order valence-electron chi connectivity index (χ2n) is 9.04. The van der Waals surface area contributed by atoms with E-state index in [0.717, 1.165) is 25.0 Å². The van der Waals surface area contributed by atoms with Gasteiger partial charge in [-0.1, -0.05) is 13.3 Å². The first-order valence-corrected chi connectivity index (χ1v) is 14.1. The van der Waals surface area contributed by atoms with Gasteiger partial charge in [0.25, 0.3) is 5.56 Å². The molecule has 11 nitrogen and oxygen atoms in total. The van der Waals surface area contributed by atoms with E-state index in [1.165, 1.54) is 21.1 Å². The van der Waals surface area contributed by atoms with Gasteiger partial charge in [-0.3, -0.25) is 9.48 Å². The van der Waals surface area contributed by atoms with Crippen LogP contribution in [0.25, 0.3) is 22.4 Å². The Morgan fingerprint density at radius 2 is 1.92 bits per heavy atom. The van der Waals surface area contributed by atoms with E-state index in [4.69, 9.17) is 19.2 Å². The van der Waals surface area contributed by atoms with Gasteiger partial charge in [-0.05, 0) is 44.4 Å². The second kappa shape index (κ2) is 11.7. The van der Waals surface area contributed by atoms with Crippen LogP contribution in [-0.4, -0.2) is 78.6 Å². The number of nitrogens with one attached hydrogen (secondary N) is 1. The Labute approximate surface area is 216 Å². The van der Waals surface area contributed by atoms with Gasteiger partial charge in [0.05, 0.1) is 28.9 Å². The molecule has 2 aromatic heterocycles. The molecule has 3 heterocycles. The summed E-state index contributed by atoms with van der Waals surface area (Å²) >= 11 is 0. The first kappa shape index (κ1) is 27.2. The molecule has 37 heavy (non-hydrogen) atoms. The zero-order chi connectivity index (χ0) is 26.6. The number of aromatic amines is 1. The third kappa shape index (κ3) is 5.71. The maximum Gasteiger partial charge on any atom is 0.277 e. The number of aryl methyl sites for hydroxylation is 2. The topological polar surface area (TPSA) is 129 Å². The molecular weight excluding hydrogens is 498 g/mol. The van der Waals surface area contributed by atoms with Gasteiger partial charge in [-0.2, -0.15) is 9.40 Å². The zero-order valence-electron chi connectivity index (χ0n) is 21.8. The van der Waals surface area contributed by atoms with Crippen LogP contribution in [0.1, 0.15) is 38.8 Å². The van der Waals surface area contributed by atoms with E-state index in [1.54, 1.807) is 20.2 Å². The number of methoxy groups -OCH3 is 1. The molecule has 0 saturated carbocycles. The molecule has 4 rings (SSSR count). The monoisotopic (exact) mass is 533 g/mol. The first-order chi connectivity index (χ1) is 17.8. The van der Waals surface area contributed by atoms with Crippen molar-refractivity contribution in [2.24, 2.45) is 7.05 Å². The van der Waals surface area contributed by atoms with Crippen LogP contribution in [0.4, 0.5) is 0 Å². The molecule has 0 bridgehead atoms. The Hall–Kier alpha value is -2.80. The van der Waals surface area contributed by atoms with Gasteiger partial charge in [-0.15, -0.1) is 0 Å². The maximum absolute atomic E-state index is 13.4. The van der Waals surface area contributed by atoms with Crippen LogP contribution in [0.2, 0.25) is 0 Å². The van der Waals surface area contributed by atoms with E-state index >= 15 is 0 Å². The van der Waals surface area contributed by atoms with Gasteiger partial charge < -0.3 is 19.2 Å². The summed E-state index contributed by atoms with van der Waals surface area (Å²) in [5.41, 5.74) is 1.67. The Kier molecular flexibility index (Phi) is 8.63. The van der Waals surface area contributed by atoms with Crippen LogP contribution < -0.4 is 10.3 Å². The summed E-state index contributed by atoms with van der Waals surface area (Å²) < 4.78 is 46.2. The fourth-order valence-electron chi connectivity index (χ4n) is 4.37. The highest BCUT2D eigenvalue weighted by atomic mass is 32.2. The SMILES string of the molecule is CCCc1nn(C)c2c(=O)[nH]c(-c3cc(S(=O)(=O)N4CC(OCCCCOC)C4)ccc3OCC)nc12. The smallest absolute Gasteiger partial charge is 0.277 e. The molecule has 0 radical (unpaired) electrons. The van der Waals surface area contributed by atoms with Crippen molar-refractivity contribution in [2.45, 2.75) is 50.5 Å². The molecule has 0 spiro atoms. The van der Waals surface area contributed by atoms with Gasteiger partial charge >= 0.3 is 0 Å². The quantitative estimate of drug-likeness (QED) is 0.332. The van der Waals surface area contributed by atoms with E-state index in [-0.39, 0.29) is 22.4 Å². The minimum Gasteiger partial charge on any atom is -0.493 e. The van der Waals surface area contributed by atoms with Crippen LogP contribution in [0.15, 0.2) is 27.9 Å². The highest BCUT2D eigenvalue weighted by Gasteiger charge is 2.37. The van der Waals surface area contributed by atoms with Gasteiger partial charge in [-0.25, -0.2) is 13.4 Å². The molecule has 3 aromatic rings. The highest BCUT2D eigenvalue weighted by molar-refractivity contribution is 7.89. The van der Waals surface area contributed by atoms with E-state index in [2.05, 4.69) is 10.1 Å². The average molecular weight is 534 g/mol. The lowest BCUT2D eigenvalue weighted by atomic mass is 10.1. The molecule has 1 saturated heterocycles. The van der Waals surface area contributed by atoms with Crippen LogP contribution in [0.3, 0.4) is 0 Å². The fraction of sp³-hybridized carbons (Fsp3) is 0.560. The van der Waals surface area contributed by atoms with Gasteiger partial charge in [0, 0.05) is 40.5 Å². The lowest BCUT2D eigenvalue weighted by molar-refractivity contribution is -0.0223. The molecule has 1 fully saturated rings. The zero-order valence-corrected chi connectivity index (χ0v) is 22.6. The summed E-state index contributed by atoms with van der Waals surface area (Å²) in [5, 5.41) is 4.46. The summed E-state index contributed by atoms with van der Waals surface area (Å²) in [6.07, 6.45) is 3.17. The maximum atomic E-state index is 13.4. The van der Waals surface area contributed by atoms with E-state index in [9.17, 15) is 13.2 Å². The Morgan fingerprint density at radius 3 is 2.62 bits per heavy atom. The first-order valence-electron chi connectivity index (χ1n) is 12.6. The van der Waals surface area contributed by atoms with Crippen molar-refractivity contribution in [3.8, 4) is 17.1 Å². The largest absolute Gasteiger partial charge is 0.493 e. The molecule has 0 unspecified atom stereocenters. The van der Waals surface area contributed by atoms with Crippen molar-refractivity contribution in [1.82, 2.24) is 24.1 Å². The van der Waals surface area contributed by atoms with Crippen LogP contribution in [-0.2, 0) is 33.0 Å². The van der Waals surface area contributed by atoms with Crippen LogP contribution >= 0.6 is 0 Å². The predicted octanol–water partition coefficient (Wildman–Crippen LogP) is 2.49. The van der Waals surface area contributed by atoms with E-state index < -0.39 is 10.0 Å². The number of H-pyrrole nitrogens is 1. The Balaban J connectivity index is 1.62. The molecule has 1 aliphatic rings. The summed E-state index contributed by atoms with van der Waals surface area (Å²) in [6, 6.07) is 4.64. The molecular formula is C25H35N5O6S. The van der Waals surface area contributed by atoms with Crippen LogP contribution in [0, 0.1) is 0 Å². The average Bonchev–Trinajstić information content (AvgIpc) is 3.16. The lowest BCUT2D eigenvalue weighted by Crippen LogP contribution is -2.54. The number of fused-ring (bicyclic) bond motifs is 1. The molecule has 0 atom stereocenters. The lowest BCUT2D eigenvalue weighted by Gasteiger charge is -2.37. The van der Waals surface area contributed by atoms with Crippen molar-refractivity contribution in [2.75, 3.05) is 40.0 Å². The number of aromatic nitrogens is 4. The van der Waals surface area contributed by atoms with Crippen LogP contribution in [0.5, 0.6) is 5.75 Å². The summed E-state index contributed by atoms with van der Waals surface area (Å²) in [4.78, 5) is 20.6. The summed E-state index contributed by atoms with van der Waals surface area (Å²) in [5.74, 6) is 0.676. The minimum absolute atomic E-state index is 0.104.